The number of aliphatic hydroxyl groups excluding tert-OH is 1. The zero-order valence-electron chi connectivity index (χ0n) is 13.4. The fraction of sp³-hybridized carbons (Fsp3) is 0.875. The van der Waals surface area contributed by atoms with E-state index >= 15 is 0 Å². The fourth-order valence-corrected chi connectivity index (χ4v) is 3.16. The van der Waals surface area contributed by atoms with Crippen LogP contribution in [-0.4, -0.2) is 51.2 Å². The Morgan fingerprint density at radius 1 is 1.33 bits per heavy atom. The minimum absolute atomic E-state index is 0.224. The molecular weight excluding hydrogens is 264 g/mol. The fourth-order valence-electron chi connectivity index (χ4n) is 3.16. The number of nitrogens with zero attached hydrogens (tertiary/aromatic N) is 4. The van der Waals surface area contributed by atoms with E-state index in [1.165, 1.54) is 51.7 Å². The lowest BCUT2D eigenvalue weighted by Gasteiger charge is -2.32. The van der Waals surface area contributed by atoms with E-state index in [4.69, 9.17) is 5.11 Å². The largest absolute Gasteiger partial charge is 0.396 e. The Morgan fingerprint density at radius 2 is 2.24 bits per heavy atom. The summed E-state index contributed by atoms with van der Waals surface area (Å²) in [5.74, 6) is 0.702. The lowest BCUT2D eigenvalue weighted by atomic mass is 9.98. The molecular formula is C16H30N4O. The molecule has 0 aliphatic carbocycles. The van der Waals surface area contributed by atoms with Crippen LogP contribution in [0, 0.1) is 5.92 Å². The second-order valence-corrected chi connectivity index (χ2v) is 6.28. The van der Waals surface area contributed by atoms with Crippen LogP contribution in [-0.2, 0) is 13.0 Å². The minimum Gasteiger partial charge on any atom is -0.396 e. The number of hydrogen-bond donors (Lipinski definition) is 1. The maximum atomic E-state index is 8.85. The molecule has 0 spiro atoms. The molecule has 1 aliphatic rings. The predicted molar refractivity (Wildman–Crippen MR) is 84.1 cm³/mol. The van der Waals surface area contributed by atoms with Crippen LogP contribution >= 0.6 is 0 Å². The molecule has 1 aromatic heterocycles. The molecule has 0 radical (unpaired) electrons. The predicted octanol–water partition coefficient (Wildman–Crippen LogP) is 2.11. The number of aromatic nitrogens is 3. The highest BCUT2D eigenvalue weighted by Gasteiger charge is 2.20. The average Bonchev–Trinajstić information content (AvgIpc) is 2.93. The molecule has 5 heteroatoms. The first-order valence-corrected chi connectivity index (χ1v) is 8.54. The zero-order chi connectivity index (χ0) is 14.9. The Kier molecular flexibility index (Phi) is 7.16. The number of likely N-dealkylation sites (tertiary alicyclic amines) is 1. The van der Waals surface area contributed by atoms with Crippen molar-refractivity contribution >= 4 is 0 Å². The van der Waals surface area contributed by atoms with Gasteiger partial charge >= 0.3 is 0 Å². The van der Waals surface area contributed by atoms with Crippen molar-refractivity contribution < 1.29 is 5.11 Å². The van der Waals surface area contributed by atoms with Gasteiger partial charge in [-0.3, -0.25) is 4.68 Å². The standard InChI is InChI=1S/C16H30N4O/c1-2-3-4-9-19-10-5-7-15(12-19)13-20-14-16(17-18-20)8-6-11-21/h14-15,21H,2-13H2,1H3. The Bertz CT molecular complexity index is 393. The van der Waals surface area contributed by atoms with E-state index in [0.29, 0.717) is 5.92 Å². The monoisotopic (exact) mass is 294 g/mol. The second-order valence-electron chi connectivity index (χ2n) is 6.28. The summed E-state index contributed by atoms with van der Waals surface area (Å²) in [6.07, 6.45) is 10.2. The van der Waals surface area contributed by atoms with E-state index in [1.54, 1.807) is 0 Å². The zero-order valence-corrected chi connectivity index (χ0v) is 13.4. The topological polar surface area (TPSA) is 54.2 Å². The second kappa shape index (κ2) is 9.15. The number of rotatable bonds is 9. The van der Waals surface area contributed by atoms with Crippen molar-refractivity contribution in [1.82, 2.24) is 19.9 Å². The van der Waals surface area contributed by atoms with Crippen molar-refractivity contribution in [2.75, 3.05) is 26.2 Å². The lowest BCUT2D eigenvalue weighted by molar-refractivity contribution is 0.157. The Balaban J connectivity index is 1.75. The van der Waals surface area contributed by atoms with Crippen molar-refractivity contribution in [3.05, 3.63) is 11.9 Å². The van der Waals surface area contributed by atoms with Crippen LogP contribution < -0.4 is 0 Å². The number of aryl methyl sites for hydroxylation is 1. The minimum atomic E-state index is 0.224. The molecule has 1 fully saturated rings. The van der Waals surface area contributed by atoms with Gasteiger partial charge in [-0.1, -0.05) is 25.0 Å². The highest BCUT2D eigenvalue weighted by Crippen LogP contribution is 2.18. The molecule has 1 atom stereocenters. The van der Waals surface area contributed by atoms with Crippen molar-refractivity contribution in [3.8, 4) is 0 Å². The van der Waals surface area contributed by atoms with Gasteiger partial charge in [0, 0.05) is 25.9 Å². The molecule has 0 aromatic carbocycles. The van der Waals surface area contributed by atoms with Gasteiger partial charge < -0.3 is 10.0 Å². The molecule has 2 heterocycles. The van der Waals surface area contributed by atoms with Crippen LogP contribution in [0.3, 0.4) is 0 Å². The highest BCUT2D eigenvalue weighted by atomic mass is 16.2. The van der Waals surface area contributed by atoms with Crippen molar-refractivity contribution in [2.24, 2.45) is 5.92 Å². The molecule has 1 aliphatic heterocycles. The van der Waals surface area contributed by atoms with Gasteiger partial charge in [0.25, 0.3) is 0 Å². The molecule has 0 bridgehead atoms. The summed E-state index contributed by atoms with van der Waals surface area (Å²) in [4.78, 5) is 2.62. The summed E-state index contributed by atoms with van der Waals surface area (Å²) in [5.41, 5.74) is 1.000. The lowest BCUT2D eigenvalue weighted by Crippen LogP contribution is -2.37. The first-order valence-electron chi connectivity index (χ1n) is 8.54. The molecule has 5 nitrogen and oxygen atoms in total. The smallest absolute Gasteiger partial charge is 0.0828 e. The highest BCUT2D eigenvalue weighted by molar-refractivity contribution is 4.92. The first-order chi connectivity index (χ1) is 10.3. The van der Waals surface area contributed by atoms with Crippen molar-refractivity contribution in [2.45, 2.75) is 58.4 Å². The van der Waals surface area contributed by atoms with E-state index < -0.39 is 0 Å². The number of unbranched alkanes of at least 4 members (excludes halogenated alkanes) is 2. The van der Waals surface area contributed by atoms with Gasteiger partial charge in [-0.25, -0.2) is 0 Å². The van der Waals surface area contributed by atoms with Crippen molar-refractivity contribution in [1.29, 1.82) is 0 Å². The van der Waals surface area contributed by atoms with Crippen LogP contribution in [0.15, 0.2) is 6.20 Å². The van der Waals surface area contributed by atoms with Crippen LogP contribution in [0.2, 0.25) is 0 Å². The number of piperidine rings is 1. The van der Waals surface area contributed by atoms with Crippen LogP contribution in [0.4, 0.5) is 0 Å². The Labute approximate surface area is 128 Å². The number of aliphatic hydroxyl groups is 1. The third-order valence-corrected chi connectivity index (χ3v) is 4.30. The van der Waals surface area contributed by atoms with Gasteiger partial charge in [-0.15, -0.1) is 5.10 Å². The summed E-state index contributed by atoms with van der Waals surface area (Å²) in [5, 5.41) is 17.3. The average molecular weight is 294 g/mol. The third-order valence-electron chi connectivity index (χ3n) is 4.30. The maximum absolute atomic E-state index is 8.85. The SMILES string of the molecule is CCCCCN1CCCC(Cn2cc(CCCO)nn2)C1. The molecule has 1 unspecified atom stereocenters. The van der Waals surface area contributed by atoms with E-state index in [9.17, 15) is 0 Å². The van der Waals surface area contributed by atoms with Gasteiger partial charge in [-0.05, 0) is 51.1 Å². The molecule has 21 heavy (non-hydrogen) atoms. The van der Waals surface area contributed by atoms with E-state index in [2.05, 4.69) is 22.1 Å². The molecule has 1 saturated heterocycles. The van der Waals surface area contributed by atoms with E-state index in [0.717, 1.165) is 25.1 Å². The molecule has 1 N–H and O–H groups in total. The summed E-state index contributed by atoms with van der Waals surface area (Å²) < 4.78 is 1.99. The summed E-state index contributed by atoms with van der Waals surface area (Å²) in [7, 11) is 0. The maximum Gasteiger partial charge on any atom is 0.0828 e. The molecule has 2 rings (SSSR count). The van der Waals surface area contributed by atoms with Crippen LogP contribution in [0.5, 0.6) is 0 Å². The van der Waals surface area contributed by atoms with Gasteiger partial charge in [0.1, 0.15) is 0 Å². The molecule has 1 aromatic rings. The van der Waals surface area contributed by atoms with E-state index in [-0.39, 0.29) is 6.61 Å². The third kappa shape index (κ3) is 5.75. The van der Waals surface area contributed by atoms with Gasteiger partial charge in [0.05, 0.1) is 5.69 Å². The van der Waals surface area contributed by atoms with Gasteiger partial charge in [0.15, 0.2) is 0 Å². The van der Waals surface area contributed by atoms with Crippen LogP contribution in [0.1, 0.15) is 51.1 Å². The quantitative estimate of drug-likeness (QED) is 0.709. The van der Waals surface area contributed by atoms with Crippen LogP contribution in [0.25, 0.3) is 0 Å². The summed E-state index contributed by atoms with van der Waals surface area (Å²) >= 11 is 0. The normalized spacial score (nSPS) is 20.0. The van der Waals surface area contributed by atoms with Gasteiger partial charge in [0.2, 0.25) is 0 Å². The van der Waals surface area contributed by atoms with Crippen molar-refractivity contribution in [3.63, 3.8) is 0 Å². The first kappa shape index (κ1) is 16.4. The summed E-state index contributed by atoms with van der Waals surface area (Å²) in [6.45, 7) is 7.19. The molecule has 120 valence electrons. The summed E-state index contributed by atoms with van der Waals surface area (Å²) in [6, 6.07) is 0. The Morgan fingerprint density at radius 3 is 3.05 bits per heavy atom. The number of hydrogen-bond acceptors (Lipinski definition) is 4. The van der Waals surface area contributed by atoms with E-state index in [1.807, 2.05) is 10.9 Å². The Hall–Kier alpha value is -0.940. The molecule has 0 amide bonds. The molecule has 0 saturated carbocycles. The van der Waals surface area contributed by atoms with Gasteiger partial charge in [-0.2, -0.15) is 0 Å².